The van der Waals surface area contributed by atoms with Crippen molar-refractivity contribution in [2.45, 2.75) is 4.90 Å². The Labute approximate surface area is 143 Å². The Morgan fingerprint density at radius 1 is 1.04 bits per heavy atom. The topological polar surface area (TPSA) is 90.5 Å². The van der Waals surface area contributed by atoms with Crippen LogP contribution < -0.4 is 16.1 Å². The fraction of sp³-hybridized carbons (Fsp3) is 0.0588. The SMILES string of the molecule is O=C(NCC#Cc1ccc(SC(=O)NO)cc1)Nc1ccccc1. The lowest BCUT2D eigenvalue weighted by Crippen LogP contribution is -2.28. The zero-order chi connectivity index (χ0) is 17.2. The van der Waals surface area contributed by atoms with Gasteiger partial charge in [0.15, 0.2) is 0 Å². The number of nitrogens with one attached hydrogen (secondary N) is 3. The van der Waals surface area contributed by atoms with Gasteiger partial charge >= 0.3 is 11.3 Å². The number of anilines is 1. The number of thioether (sulfide) groups is 1. The molecule has 0 heterocycles. The Morgan fingerprint density at radius 3 is 2.42 bits per heavy atom. The fourth-order valence-corrected chi connectivity index (χ4v) is 2.24. The molecule has 24 heavy (non-hydrogen) atoms. The molecule has 0 aromatic heterocycles. The van der Waals surface area contributed by atoms with Crippen LogP contribution >= 0.6 is 11.8 Å². The van der Waals surface area contributed by atoms with Crippen LogP contribution in [-0.4, -0.2) is 23.0 Å². The molecular formula is C17H15N3O3S. The minimum absolute atomic E-state index is 0.210. The standard InChI is InChI=1S/C17H15N3O3S/c21-16(19-14-6-2-1-3-7-14)18-12-4-5-13-8-10-15(11-9-13)24-17(22)20-23/h1-3,6-11,23H,12H2,(H,20,22)(H2,18,19,21). The van der Waals surface area contributed by atoms with Gasteiger partial charge in [-0.1, -0.05) is 30.0 Å². The molecule has 0 spiro atoms. The highest BCUT2D eigenvalue weighted by Crippen LogP contribution is 2.18. The number of urea groups is 1. The van der Waals surface area contributed by atoms with E-state index in [-0.39, 0.29) is 12.6 Å². The summed E-state index contributed by atoms with van der Waals surface area (Å²) in [7, 11) is 0. The monoisotopic (exact) mass is 341 g/mol. The smallest absolute Gasteiger partial charge is 0.319 e. The average Bonchev–Trinajstić information content (AvgIpc) is 2.61. The molecule has 0 aliphatic heterocycles. The van der Waals surface area contributed by atoms with Crippen molar-refractivity contribution >= 4 is 28.7 Å². The highest BCUT2D eigenvalue weighted by atomic mass is 32.2. The maximum Gasteiger partial charge on any atom is 0.319 e. The van der Waals surface area contributed by atoms with E-state index in [2.05, 4.69) is 22.5 Å². The third kappa shape index (κ3) is 6.04. The molecule has 6 nitrogen and oxygen atoms in total. The lowest BCUT2D eigenvalue weighted by molar-refractivity contribution is 0.180. The van der Waals surface area contributed by atoms with Gasteiger partial charge in [0.05, 0.1) is 6.54 Å². The molecule has 7 heteroatoms. The zero-order valence-electron chi connectivity index (χ0n) is 12.6. The second-order valence-corrected chi connectivity index (χ2v) is 5.55. The van der Waals surface area contributed by atoms with E-state index in [4.69, 9.17) is 5.21 Å². The van der Waals surface area contributed by atoms with Gasteiger partial charge in [-0.25, -0.2) is 10.3 Å². The van der Waals surface area contributed by atoms with Gasteiger partial charge in [0.2, 0.25) is 0 Å². The van der Waals surface area contributed by atoms with E-state index in [9.17, 15) is 9.59 Å². The van der Waals surface area contributed by atoms with Crippen LogP contribution in [0.2, 0.25) is 0 Å². The molecule has 0 bridgehead atoms. The van der Waals surface area contributed by atoms with Gasteiger partial charge in [0, 0.05) is 16.1 Å². The van der Waals surface area contributed by atoms with Crippen molar-refractivity contribution in [3.63, 3.8) is 0 Å². The molecule has 3 amide bonds. The van der Waals surface area contributed by atoms with Crippen molar-refractivity contribution in [3.8, 4) is 11.8 Å². The van der Waals surface area contributed by atoms with Gasteiger partial charge in [-0.3, -0.25) is 10.0 Å². The van der Waals surface area contributed by atoms with Gasteiger partial charge in [0.1, 0.15) is 0 Å². The third-order valence-electron chi connectivity index (χ3n) is 2.76. The number of hydrogen-bond acceptors (Lipinski definition) is 4. The molecular weight excluding hydrogens is 326 g/mol. The molecule has 0 saturated carbocycles. The Bertz CT molecular complexity index is 752. The van der Waals surface area contributed by atoms with E-state index in [1.807, 2.05) is 18.2 Å². The summed E-state index contributed by atoms with van der Waals surface area (Å²) in [5.74, 6) is 5.75. The van der Waals surface area contributed by atoms with Crippen LogP contribution in [-0.2, 0) is 0 Å². The van der Waals surface area contributed by atoms with E-state index in [0.29, 0.717) is 10.6 Å². The number of amides is 3. The largest absolute Gasteiger partial charge is 0.327 e. The predicted octanol–water partition coefficient (Wildman–Crippen LogP) is 3.05. The molecule has 0 aliphatic rings. The quantitative estimate of drug-likeness (QED) is 0.299. The van der Waals surface area contributed by atoms with Crippen LogP contribution in [0.4, 0.5) is 15.3 Å². The normalized spacial score (nSPS) is 9.38. The molecule has 0 fully saturated rings. The van der Waals surface area contributed by atoms with Gasteiger partial charge in [-0.2, -0.15) is 0 Å². The first kappa shape index (κ1) is 17.4. The first-order valence-electron chi connectivity index (χ1n) is 6.98. The van der Waals surface area contributed by atoms with E-state index in [0.717, 1.165) is 17.3 Å². The number of hydrogen-bond donors (Lipinski definition) is 4. The van der Waals surface area contributed by atoms with Crippen molar-refractivity contribution < 1.29 is 14.8 Å². The van der Waals surface area contributed by atoms with Crippen molar-refractivity contribution in [2.24, 2.45) is 0 Å². The van der Waals surface area contributed by atoms with Gasteiger partial charge < -0.3 is 10.6 Å². The van der Waals surface area contributed by atoms with Gasteiger partial charge in [0.25, 0.3) is 0 Å². The van der Waals surface area contributed by atoms with Gasteiger partial charge in [-0.15, -0.1) is 0 Å². The molecule has 0 unspecified atom stereocenters. The maximum absolute atomic E-state index is 11.6. The maximum atomic E-state index is 11.6. The van der Waals surface area contributed by atoms with E-state index in [1.165, 1.54) is 0 Å². The van der Waals surface area contributed by atoms with Crippen molar-refractivity contribution in [3.05, 3.63) is 60.2 Å². The molecule has 2 aromatic carbocycles. The lowest BCUT2D eigenvalue weighted by atomic mass is 10.2. The van der Waals surface area contributed by atoms with E-state index in [1.54, 1.807) is 41.9 Å². The number of carbonyl (C=O) groups is 2. The lowest BCUT2D eigenvalue weighted by Gasteiger charge is -2.04. The molecule has 4 N–H and O–H groups in total. The summed E-state index contributed by atoms with van der Waals surface area (Å²) in [6.45, 7) is 0.210. The van der Waals surface area contributed by atoms with Crippen LogP contribution in [0.25, 0.3) is 0 Å². The fourth-order valence-electron chi connectivity index (χ4n) is 1.70. The van der Waals surface area contributed by atoms with Crippen LogP contribution in [0, 0.1) is 11.8 Å². The molecule has 2 rings (SSSR count). The Kier molecular flexibility index (Phi) is 6.71. The molecule has 0 aliphatic carbocycles. The molecule has 0 saturated heterocycles. The second-order valence-electron chi connectivity index (χ2n) is 4.50. The minimum Gasteiger partial charge on any atom is -0.327 e. The molecule has 122 valence electrons. The molecule has 0 radical (unpaired) electrons. The Balaban J connectivity index is 1.78. The summed E-state index contributed by atoms with van der Waals surface area (Å²) in [5.41, 5.74) is 3.02. The highest BCUT2D eigenvalue weighted by Gasteiger charge is 2.02. The minimum atomic E-state index is -0.553. The predicted molar refractivity (Wildman–Crippen MR) is 93.0 cm³/mol. The number of carbonyl (C=O) groups excluding carboxylic acids is 2. The van der Waals surface area contributed by atoms with Gasteiger partial charge in [-0.05, 0) is 48.2 Å². The summed E-state index contributed by atoms with van der Waals surface area (Å²) >= 11 is 0.872. The number of rotatable bonds is 3. The molecule has 0 atom stereocenters. The Morgan fingerprint density at radius 2 is 1.75 bits per heavy atom. The van der Waals surface area contributed by atoms with E-state index >= 15 is 0 Å². The number of benzene rings is 2. The number of hydroxylamine groups is 1. The molecule has 2 aromatic rings. The summed E-state index contributed by atoms with van der Waals surface area (Å²) in [5, 5.41) is 13.2. The van der Waals surface area contributed by atoms with Crippen molar-refractivity contribution in [2.75, 3.05) is 11.9 Å². The van der Waals surface area contributed by atoms with Crippen molar-refractivity contribution in [1.82, 2.24) is 10.8 Å². The van der Waals surface area contributed by atoms with Crippen molar-refractivity contribution in [1.29, 1.82) is 0 Å². The second kappa shape index (κ2) is 9.25. The van der Waals surface area contributed by atoms with Crippen LogP contribution in [0.3, 0.4) is 0 Å². The summed E-state index contributed by atoms with van der Waals surface area (Å²) in [6, 6.07) is 15.8. The summed E-state index contributed by atoms with van der Waals surface area (Å²) < 4.78 is 0. The third-order valence-corrected chi connectivity index (χ3v) is 3.54. The first-order valence-corrected chi connectivity index (χ1v) is 7.80. The first-order chi connectivity index (χ1) is 11.7. The average molecular weight is 341 g/mol. The zero-order valence-corrected chi connectivity index (χ0v) is 13.4. The number of para-hydroxylation sites is 1. The summed E-state index contributed by atoms with van der Waals surface area (Å²) in [4.78, 5) is 23.3. The Hall–Kier alpha value is -2.95. The summed E-state index contributed by atoms with van der Waals surface area (Å²) in [6.07, 6.45) is 0. The van der Waals surface area contributed by atoms with Crippen LogP contribution in [0.1, 0.15) is 5.56 Å². The van der Waals surface area contributed by atoms with Crippen LogP contribution in [0.5, 0.6) is 0 Å². The van der Waals surface area contributed by atoms with Crippen LogP contribution in [0.15, 0.2) is 59.5 Å². The highest BCUT2D eigenvalue weighted by molar-refractivity contribution is 8.13. The van der Waals surface area contributed by atoms with E-state index < -0.39 is 5.24 Å².